The molecule has 0 fully saturated rings. The molecule has 0 aliphatic rings. The summed E-state index contributed by atoms with van der Waals surface area (Å²) < 4.78 is 13.4. The van der Waals surface area contributed by atoms with Crippen molar-refractivity contribution in [2.75, 3.05) is 6.54 Å². The van der Waals surface area contributed by atoms with Gasteiger partial charge in [-0.2, -0.15) is 0 Å². The molecule has 0 saturated heterocycles. The average Bonchev–Trinajstić information content (AvgIpc) is 2.80. The number of carbonyl (C=O) groups excluding carboxylic acids is 2. The number of rotatable bonds is 9. The van der Waals surface area contributed by atoms with Crippen LogP contribution in [0.2, 0.25) is 0 Å². The Morgan fingerprint density at radius 2 is 1.52 bits per heavy atom. The first-order valence-corrected chi connectivity index (χ1v) is 10.1. The van der Waals surface area contributed by atoms with Crippen molar-refractivity contribution in [1.29, 1.82) is 0 Å². The minimum absolute atomic E-state index is 0.153. The van der Waals surface area contributed by atoms with Gasteiger partial charge in [0, 0.05) is 13.1 Å². The van der Waals surface area contributed by atoms with Gasteiger partial charge in [-0.3, -0.25) is 9.59 Å². The Kier molecular flexibility index (Phi) is 7.71. The lowest BCUT2D eigenvalue weighted by atomic mass is 10.0. The Labute approximate surface area is 182 Å². The van der Waals surface area contributed by atoms with Gasteiger partial charge in [0.2, 0.25) is 11.8 Å². The van der Waals surface area contributed by atoms with Crippen molar-refractivity contribution >= 4 is 11.8 Å². The van der Waals surface area contributed by atoms with E-state index in [9.17, 15) is 14.0 Å². The van der Waals surface area contributed by atoms with E-state index in [0.29, 0.717) is 12.1 Å². The summed E-state index contributed by atoms with van der Waals surface area (Å²) in [4.78, 5) is 28.1. The van der Waals surface area contributed by atoms with E-state index < -0.39 is 6.04 Å². The molecule has 0 bridgehead atoms. The number of hydrogen-bond donors (Lipinski definition) is 1. The first-order valence-electron chi connectivity index (χ1n) is 10.1. The summed E-state index contributed by atoms with van der Waals surface area (Å²) in [6.45, 7) is 4.11. The van der Waals surface area contributed by atoms with E-state index in [1.165, 1.54) is 12.1 Å². The summed E-state index contributed by atoms with van der Waals surface area (Å²) in [5.41, 5.74) is 2.29. The normalized spacial score (nSPS) is 11.4. The number of halogens is 1. The van der Waals surface area contributed by atoms with Gasteiger partial charge in [0.25, 0.3) is 0 Å². The topological polar surface area (TPSA) is 49.4 Å². The second-order valence-electron chi connectivity index (χ2n) is 7.16. The maximum Gasteiger partial charge on any atom is 0.247 e. The number of amides is 2. The van der Waals surface area contributed by atoms with E-state index in [-0.39, 0.29) is 30.6 Å². The third kappa shape index (κ3) is 6.12. The molecule has 3 aromatic rings. The van der Waals surface area contributed by atoms with Gasteiger partial charge in [0.1, 0.15) is 11.9 Å². The second kappa shape index (κ2) is 10.9. The van der Waals surface area contributed by atoms with E-state index in [0.717, 1.165) is 11.1 Å². The molecule has 158 valence electrons. The van der Waals surface area contributed by atoms with E-state index >= 15 is 0 Å². The van der Waals surface area contributed by atoms with Gasteiger partial charge in [-0.15, -0.1) is 6.58 Å². The van der Waals surface area contributed by atoms with Crippen LogP contribution in [0.1, 0.15) is 22.7 Å². The molecule has 31 heavy (non-hydrogen) atoms. The fourth-order valence-electron chi connectivity index (χ4n) is 3.36. The van der Waals surface area contributed by atoms with Crippen LogP contribution in [0.15, 0.2) is 97.6 Å². The van der Waals surface area contributed by atoms with E-state index in [2.05, 4.69) is 11.9 Å². The van der Waals surface area contributed by atoms with Gasteiger partial charge in [-0.1, -0.05) is 78.9 Å². The van der Waals surface area contributed by atoms with Crippen LogP contribution in [0.3, 0.4) is 0 Å². The van der Waals surface area contributed by atoms with Crippen LogP contribution in [0, 0.1) is 5.82 Å². The molecule has 1 N–H and O–H groups in total. The fraction of sp³-hybridized carbons (Fsp3) is 0.154. The van der Waals surface area contributed by atoms with Crippen LogP contribution in [-0.4, -0.2) is 23.3 Å². The van der Waals surface area contributed by atoms with E-state index in [4.69, 9.17) is 0 Å². The zero-order valence-corrected chi connectivity index (χ0v) is 17.2. The average molecular weight is 416 g/mol. The van der Waals surface area contributed by atoms with Crippen molar-refractivity contribution in [1.82, 2.24) is 10.2 Å². The molecule has 3 rings (SSSR count). The van der Waals surface area contributed by atoms with Crippen molar-refractivity contribution in [3.63, 3.8) is 0 Å². The largest absolute Gasteiger partial charge is 0.351 e. The van der Waals surface area contributed by atoms with Crippen molar-refractivity contribution in [2.24, 2.45) is 0 Å². The molecule has 3 aromatic carbocycles. The number of carbonyl (C=O) groups is 2. The molecule has 0 heterocycles. The molecule has 0 radical (unpaired) electrons. The summed E-state index contributed by atoms with van der Waals surface area (Å²) in [6.07, 6.45) is 1.75. The van der Waals surface area contributed by atoms with Gasteiger partial charge in [-0.25, -0.2) is 4.39 Å². The maximum absolute atomic E-state index is 13.4. The first-order chi connectivity index (χ1) is 15.1. The number of nitrogens with one attached hydrogen (secondary N) is 1. The van der Waals surface area contributed by atoms with Gasteiger partial charge in [0.05, 0.1) is 6.42 Å². The molecule has 1 atom stereocenters. The molecule has 0 saturated carbocycles. The van der Waals surface area contributed by atoms with Crippen LogP contribution in [0.25, 0.3) is 0 Å². The third-order valence-electron chi connectivity index (χ3n) is 4.88. The van der Waals surface area contributed by atoms with Gasteiger partial charge < -0.3 is 10.2 Å². The van der Waals surface area contributed by atoms with Crippen molar-refractivity contribution in [3.8, 4) is 0 Å². The minimum atomic E-state index is -0.831. The lowest BCUT2D eigenvalue weighted by Crippen LogP contribution is -2.44. The van der Waals surface area contributed by atoms with Crippen LogP contribution >= 0.6 is 0 Å². The molecule has 5 heteroatoms. The summed E-state index contributed by atoms with van der Waals surface area (Å²) in [5, 5.41) is 2.81. The molecule has 4 nitrogen and oxygen atoms in total. The van der Waals surface area contributed by atoms with Crippen LogP contribution in [0.4, 0.5) is 4.39 Å². The quantitative estimate of drug-likeness (QED) is 0.524. The Morgan fingerprint density at radius 1 is 0.903 bits per heavy atom. The summed E-state index contributed by atoms with van der Waals surface area (Å²) >= 11 is 0. The van der Waals surface area contributed by atoms with E-state index in [1.807, 2.05) is 60.7 Å². The Bertz CT molecular complexity index is 1000. The monoisotopic (exact) mass is 416 g/mol. The van der Waals surface area contributed by atoms with Crippen molar-refractivity contribution in [2.45, 2.75) is 19.0 Å². The van der Waals surface area contributed by atoms with Gasteiger partial charge >= 0.3 is 0 Å². The summed E-state index contributed by atoms with van der Waals surface area (Å²) in [7, 11) is 0. The molecule has 1 unspecified atom stereocenters. The number of benzene rings is 3. The molecule has 0 aromatic heterocycles. The molecular formula is C26H25FN2O2. The fourth-order valence-corrected chi connectivity index (χ4v) is 3.36. The summed E-state index contributed by atoms with van der Waals surface area (Å²) in [5.74, 6) is -0.845. The molecular weight excluding hydrogens is 391 g/mol. The molecule has 2 amide bonds. The van der Waals surface area contributed by atoms with Crippen LogP contribution in [-0.2, 0) is 22.6 Å². The highest BCUT2D eigenvalue weighted by Gasteiger charge is 2.31. The van der Waals surface area contributed by atoms with Crippen molar-refractivity contribution in [3.05, 3.63) is 120 Å². The number of nitrogens with zero attached hydrogens (tertiary/aromatic N) is 1. The van der Waals surface area contributed by atoms with Crippen LogP contribution in [0.5, 0.6) is 0 Å². The Hall–Kier alpha value is -3.73. The maximum atomic E-state index is 13.4. The summed E-state index contributed by atoms with van der Waals surface area (Å²) in [6, 6.07) is 23.7. The third-order valence-corrected chi connectivity index (χ3v) is 4.88. The molecule has 0 aliphatic heterocycles. The minimum Gasteiger partial charge on any atom is -0.351 e. The zero-order chi connectivity index (χ0) is 22.1. The predicted octanol–water partition coefficient (Wildman–Crippen LogP) is 4.44. The smallest absolute Gasteiger partial charge is 0.247 e. The Balaban J connectivity index is 1.98. The van der Waals surface area contributed by atoms with Crippen molar-refractivity contribution < 1.29 is 14.0 Å². The highest BCUT2D eigenvalue weighted by atomic mass is 19.1. The van der Waals surface area contributed by atoms with Crippen LogP contribution < -0.4 is 5.32 Å². The standard InChI is InChI=1S/C26H25FN2O2/c1-2-17-28-26(31)25(22-11-7-4-8-12-22)29(19-21-13-15-23(27)16-14-21)24(30)18-20-9-5-3-6-10-20/h2-16,25H,1,17-19H2,(H,28,31). The lowest BCUT2D eigenvalue weighted by Gasteiger charge is -2.31. The zero-order valence-electron chi connectivity index (χ0n) is 17.2. The van der Waals surface area contributed by atoms with Gasteiger partial charge in [-0.05, 0) is 28.8 Å². The predicted molar refractivity (Wildman–Crippen MR) is 119 cm³/mol. The molecule has 0 aliphatic carbocycles. The van der Waals surface area contributed by atoms with E-state index in [1.54, 1.807) is 23.1 Å². The number of hydrogen-bond acceptors (Lipinski definition) is 2. The molecule has 0 spiro atoms. The highest BCUT2D eigenvalue weighted by molar-refractivity contribution is 5.89. The highest BCUT2D eigenvalue weighted by Crippen LogP contribution is 2.25. The second-order valence-corrected chi connectivity index (χ2v) is 7.16. The Morgan fingerprint density at radius 3 is 2.13 bits per heavy atom. The van der Waals surface area contributed by atoms with Gasteiger partial charge in [0.15, 0.2) is 0 Å². The lowest BCUT2D eigenvalue weighted by molar-refractivity contribution is -0.141. The first kappa shape index (κ1) is 22.0. The SMILES string of the molecule is C=CCNC(=O)C(c1ccccc1)N(Cc1ccc(F)cc1)C(=O)Cc1ccccc1.